The first-order chi connectivity index (χ1) is 9.15. The summed E-state index contributed by atoms with van der Waals surface area (Å²) < 4.78 is 0. The Morgan fingerprint density at radius 2 is 2.26 bits per heavy atom. The monoisotopic (exact) mass is 257 g/mol. The van der Waals surface area contributed by atoms with Crippen molar-refractivity contribution in [1.82, 2.24) is 9.97 Å². The summed E-state index contributed by atoms with van der Waals surface area (Å²) >= 11 is 0. The highest BCUT2D eigenvalue weighted by atomic mass is 16.4. The highest BCUT2D eigenvalue weighted by Crippen LogP contribution is 2.30. The molecule has 0 bridgehead atoms. The topological polar surface area (TPSA) is 66.3 Å². The van der Waals surface area contributed by atoms with Gasteiger partial charge in [0.15, 0.2) is 0 Å². The zero-order valence-corrected chi connectivity index (χ0v) is 10.7. The van der Waals surface area contributed by atoms with Crippen LogP contribution in [0.1, 0.15) is 23.2 Å². The van der Waals surface area contributed by atoms with Gasteiger partial charge < -0.3 is 10.0 Å². The lowest BCUT2D eigenvalue weighted by Gasteiger charge is -2.16. The molecule has 0 aliphatic heterocycles. The number of nitrogens with zero attached hydrogens (tertiary/aromatic N) is 3. The molecule has 1 aromatic heterocycles. The summed E-state index contributed by atoms with van der Waals surface area (Å²) in [6.45, 7) is 0.931. The van der Waals surface area contributed by atoms with Crippen molar-refractivity contribution in [2.45, 2.75) is 12.8 Å². The molecule has 1 heterocycles. The lowest BCUT2D eigenvalue weighted by atomic mass is 10.1. The van der Waals surface area contributed by atoms with E-state index in [2.05, 4.69) is 9.97 Å². The number of para-hydroxylation sites is 1. The van der Waals surface area contributed by atoms with E-state index in [1.807, 2.05) is 18.0 Å². The Morgan fingerprint density at radius 1 is 1.47 bits per heavy atom. The van der Waals surface area contributed by atoms with E-state index in [0.29, 0.717) is 11.5 Å². The maximum absolute atomic E-state index is 11.2. The molecule has 98 valence electrons. The smallest absolute Gasteiger partial charge is 0.337 e. The Morgan fingerprint density at radius 3 is 2.95 bits per heavy atom. The molecule has 5 nitrogen and oxygen atoms in total. The zero-order chi connectivity index (χ0) is 13.4. The normalized spacial score (nSPS) is 14.6. The molecule has 0 unspecified atom stereocenters. The number of hydrogen-bond acceptors (Lipinski definition) is 4. The summed E-state index contributed by atoms with van der Waals surface area (Å²) in [5.41, 5.74) is 0.726. The molecule has 3 rings (SSSR count). The Hall–Kier alpha value is -2.17. The second-order valence-electron chi connectivity index (χ2n) is 5.04. The van der Waals surface area contributed by atoms with Gasteiger partial charge in [0.2, 0.25) is 5.95 Å². The molecular weight excluding hydrogens is 242 g/mol. The van der Waals surface area contributed by atoms with E-state index in [-0.39, 0.29) is 5.56 Å². The summed E-state index contributed by atoms with van der Waals surface area (Å²) in [6, 6.07) is 5.11. The molecule has 19 heavy (non-hydrogen) atoms. The molecule has 0 spiro atoms. The largest absolute Gasteiger partial charge is 0.478 e. The number of hydrogen-bond donors (Lipinski definition) is 1. The number of aromatic carboxylic acids is 1. The summed E-state index contributed by atoms with van der Waals surface area (Å²) in [5, 5.41) is 9.95. The van der Waals surface area contributed by atoms with Crippen LogP contribution in [0.3, 0.4) is 0 Å². The van der Waals surface area contributed by atoms with Crippen molar-refractivity contribution in [2.75, 3.05) is 18.5 Å². The van der Waals surface area contributed by atoms with Gasteiger partial charge in [0, 0.05) is 25.2 Å². The van der Waals surface area contributed by atoms with Crippen molar-refractivity contribution in [3.8, 4) is 0 Å². The van der Waals surface area contributed by atoms with Crippen LogP contribution >= 0.6 is 0 Å². The van der Waals surface area contributed by atoms with Crippen molar-refractivity contribution in [2.24, 2.45) is 5.92 Å². The molecule has 0 atom stereocenters. The van der Waals surface area contributed by atoms with Crippen molar-refractivity contribution in [1.29, 1.82) is 0 Å². The molecular formula is C14H15N3O2. The fourth-order valence-electron chi connectivity index (χ4n) is 2.17. The predicted octanol–water partition coefficient (Wildman–Crippen LogP) is 2.17. The first-order valence-corrected chi connectivity index (χ1v) is 6.35. The van der Waals surface area contributed by atoms with E-state index < -0.39 is 5.97 Å². The SMILES string of the molecule is CN(CC1CC1)c1ncc2cccc(C(=O)O)c2n1. The van der Waals surface area contributed by atoms with E-state index in [4.69, 9.17) is 0 Å². The van der Waals surface area contributed by atoms with Gasteiger partial charge in [0.1, 0.15) is 0 Å². The van der Waals surface area contributed by atoms with Crippen molar-refractivity contribution in [3.05, 3.63) is 30.0 Å². The molecule has 1 saturated carbocycles. The maximum atomic E-state index is 11.2. The summed E-state index contributed by atoms with van der Waals surface area (Å²) in [7, 11) is 1.95. The number of anilines is 1. The van der Waals surface area contributed by atoms with Gasteiger partial charge in [-0.3, -0.25) is 0 Å². The average Bonchev–Trinajstić information content (AvgIpc) is 3.21. The van der Waals surface area contributed by atoms with E-state index in [9.17, 15) is 9.90 Å². The Bertz CT molecular complexity index is 638. The number of aromatic nitrogens is 2. The van der Waals surface area contributed by atoms with Crippen LogP contribution < -0.4 is 4.90 Å². The van der Waals surface area contributed by atoms with Crippen LogP contribution in [0.25, 0.3) is 10.9 Å². The van der Waals surface area contributed by atoms with Crippen LogP contribution in [0.5, 0.6) is 0 Å². The number of carboxylic acids is 1. The number of carboxylic acid groups (broad SMARTS) is 1. The standard InChI is InChI=1S/C14H15N3O2/c1-17(8-9-5-6-9)14-15-7-10-3-2-4-11(13(18)19)12(10)16-14/h2-4,7,9H,5-6,8H2,1H3,(H,18,19). The van der Waals surface area contributed by atoms with Gasteiger partial charge in [-0.1, -0.05) is 12.1 Å². The molecule has 1 N–H and O–H groups in total. The molecule has 0 saturated heterocycles. The third kappa shape index (κ3) is 2.36. The van der Waals surface area contributed by atoms with Gasteiger partial charge in [-0.05, 0) is 24.8 Å². The molecule has 5 heteroatoms. The van der Waals surface area contributed by atoms with Gasteiger partial charge >= 0.3 is 5.97 Å². The molecule has 0 radical (unpaired) electrons. The number of rotatable bonds is 4. The number of carbonyl (C=O) groups is 1. The van der Waals surface area contributed by atoms with Crippen LogP contribution in [0.4, 0.5) is 5.95 Å². The van der Waals surface area contributed by atoms with Gasteiger partial charge in [-0.15, -0.1) is 0 Å². The molecule has 1 aromatic carbocycles. The second-order valence-corrected chi connectivity index (χ2v) is 5.04. The first-order valence-electron chi connectivity index (χ1n) is 6.35. The quantitative estimate of drug-likeness (QED) is 0.909. The lowest BCUT2D eigenvalue weighted by molar-refractivity contribution is 0.0699. The fourth-order valence-corrected chi connectivity index (χ4v) is 2.17. The van der Waals surface area contributed by atoms with Crippen LogP contribution in [0.15, 0.2) is 24.4 Å². The number of fused-ring (bicyclic) bond motifs is 1. The van der Waals surface area contributed by atoms with E-state index in [1.165, 1.54) is 12.8 Å². The molecule has 0 amide bonds. The van der Waals surface area contributed by atoms with Gasteiger partial charge in [-0.25, -0.2) is 14.8 Å². The highest BCUT2D eigenvalue weighted by molar-refractivity contribution is 6.01. The van der Waals surface area contributed by atoms with E-state index in [1.54, 1.807) is 18.3 Å². The molecule has 1 fully saturated rings. The fraction of sp³-hybridized carbons (Fsp3) is 0.357. The third-order valence-corrected chi connectivity index (χ3v) is 3.40. The Labute approximate surface area is 110 Å². The predicted molar refractivity (Wildman–Crippen MR) is 72.5 cm³/mol. The number of benzene rings is 1. The zero-order valence-electron chi connectivity index (χ0n) is 10.7. The van der Waals surface area contributed by atoms with Gasteiger partial charge in [0.05, 0.1) is 11.1 Å². The van der Waals surface area contributed by atoms with Gasteiger partial charge in [0.25, 0.3) is 0 Å². The van der Waals surface area contributed by atoms with E-state index in [0.717, 1.165) is 17.8 Å². The van der Waals surface area contributed by atoms with Gasteiger partial charge in [-0.2, -0.15) is 0 Å². The first kappa shape index (κ1) is 11.9. The lowest BCUT2D eigenvalue weighted by Crippen LogP contribution is -2.22. The minimum Gasteiger partial charge on any atom is -0.478 e. The highest BCUT2D eigenvalue weighted by Gasteiger charge is 2.24. The van der Waals surface area contributed by atoms with Crippen LogP contribution in [0.2, 0.25) is 0 Å². The van der Waals surface area contributed by atoms with Crippen molar-refractivity contribution >= 4 is 22.8 Å². The van der Waals surface area contributed by atoms with E-state index >= 15 is 0 Å². The Kier molecular flexibility index (Phi) is 2.81. The van der Waals surface area contributed by atoms with Crippen LogP contribution in [-0.2, 0) is 0 Å². The molecule has 2 aromatic rings. The summed E-state index contributed by atoms with van der Waals surface area (Å²) in [5.74, 6) is 0.368. The maximum Gasteiger partial charge on any atom is 0.337 e. The Balaban J connectivity index is 2.02. The minimum absolute atomic E-state index is 0.223. The molecule has 1 aliphatic carbocycles. The van der Waals surface area contributed by atoms with Crippen molar-refractivity contribution in [3.63, 3.8) is 0 Å². The van der Waals surface area contributed by atoms with Crippen LogP contribution in [0, 0.1) is 5.92 Å². The summed E-state index contributed by atoms with van der Waals surface area (Å²) in [6.07, 6.45) is 4.21. The second kappa shape index (κ2) is 4.50. The molecule has 1 aliphatic rings. The van der Waals surface area contributed by atoms with Crippen molar-refractivity contribution < 1.29 is 9.90 Å². The minimum atomic E-state index is -0.958. The third-order valence-electron chi connectivity index (χ3n) is 3.40. The van der Waals surface area contributed by atoms with Crippen LogP contribution in [-0.4, -0.2) is 34.6 Å². The summed E-state index contributed by atoms with van der Waals surface area (Å²) in [4.78, 5) is 21.9. The average molecular weight is 257 g/mol.